The number of pyridine rings is 1. The van der Waals surface area contributed by atoms with Crippen LogP contribution in [0.4, 0.5) is 17.5 Å². The van der Waals surface area contributed by atoms with Gasteiger partial charge in [0.2, 0.25) is 11.5 Å². The summed E-state index contributed by atoms with van der Waals surface area (Å²) in [5.41, 5.74) is 2.95. The molecule has 1 atom stereocenters. The number of nitrogens with one attached hydrogen (secondary N) is 1. The molecular formula is C25H26N6O6S. The summed E-state index contributed by atoms with van der Waals surface area (Å²) >= 11 is 0. The van der Waals surface area contributed by atoms with Gasteiger partial charge < -0.3 is 29.1 Å². The number of anilines is 3. The van der Waals surface area contributed by atoms with Crippen LogP contribution in [-0.2, 0) is 9.84 Å². The SMILES string of the molecule is Cc1cccc(-c2nc(C(=O)Nc3cc4oc(N5CCS(=O)(=O)CC5)nc4nc3N3CCC(O)C3)co2)c1. The summed E-state index contributed by atoms with van der Waals surface area (Å²) in [5.74, 6) is 0.347. The molecule has 0 aliphatic carbocycles. The molecule has 2 saturated heterocycles. The number of fused-ring (bicyclic) bond motifs is 1. The molecule has 0 bridgehead atoms. The number of nitrogens with zero attached hydrogens (tertiary/aromatic N) is 5. The van der Waals surface area contributed by atoms with Crippen LogP contribution in [0.2, 0.25) is 0 Å². The molecule has 1 aromatic carbocycles. The topological polar surface area (TPSA) is 155 Å². The van der Waals surface area contributed by atoms with Crippen LogP contribution < -0.4 is 15.1 Å². The van der Waals surface area contributed by atoms with Crippen molar-refractivity contribution in [1.29, 1.82) is 0 Å². The summed E-state index contributed by atoms with van der Waals surface area (Å²) in [5, 5.41) is 13.0. The van der Waals surface area contributed by atoms with Gasteiger partial charge in [-0.25, -0.2) is 18.4 Å². The van der Waals surface area contributed by atoms with E-state index in [2.05, 4.69) is 20.3 Å². The van der Waals surface area contributed by atoms with Crippen molar-refractivity contribution in [2.24, 2.45) is 0 Å². The third kappa shape index (κ3) is 4.82. The first-order valence-corrected chi connectivity index (χ1v) is 14.1. The van der Waals surface area contributed by atoms with E-state index in [0.717, 1.165) is 11.1 Å². The summed E-state index contributed by atoms with van der Waals surface area (Å²) in [7, 11) is -3.06. The number of rotatable bonds is 5. The van der Waals surface area contributed by atoms with Crippen molar-refractivity contribution in [2.75, 3.05) is 52.8 Å². The summed E-state index contributed by atoms with van der Waals surface area (Å²) in [6, 6.07) is 9.54. The molecule has 4 aromatic rings. The molecule has 2 aliphatic rings. The number of aryl methyl sites for hydroxylation is 1. The van der Waals surface area contributed by atoms with Crippen molar-refractivity contribution in [3.05, 3.63) is 47.9 Å². The standard InChI is InChI=1S/C25H26N6O6S/c1-15-3-2-4-16(11-15)24-27-19(14-36-24)23(33)26-18-12-20-21(28-22(18)31-6-5-17(32)13-31)29-25(37-20)30-7-9-38(34,35)10-8-30/h2-4,11-12,14,17,32H,5-10,13H2,1H3,(H,26,33). The van der Waals surface area contributed by atoms with Crippen LogP contribution in [0.5, 0.6) is 0 Å². The lowest BCUT2D eigenvalue weighted by Gasteiger charge is -2.24. The Bertz CT molecular complexity index is 1620. The number of oxazole rings is 2. The number of hydrogen-bond donors (Lipinski definition) is 2. The fraction of sp³-hybridized carbons (Fsp3) is 0.360. The van der Waals surface area contributed by atoms with E-state index in [0.29, 0.717) is 48.1 Å². The molecule has 2 N–H and O–H groups in total. The molecular weight excluding hydrogens is 512 g/mol. The number of carbonyl (C=O) groups excluding carboxylic acids is 1. The number of aliphatic hydroxyl groups is 1. The normalized spacial score (nSPS) is 19.3. The van der Waals surface area contributed by atoms with Crippen LogP contribution >= 0.6 is 0 Å². The molecule has 2 fully saturated rings. The monoisotopic (exact) mass is 538 g/mol. The van der Waals surface area contributed by atoms with Gasteiger partial charge in [0, 0.05) is 37.8 Å². The Balaban J connectivity index is 1.31. The first kappa shape index (κ1) is 24.4. The lowest BCUT2D eigenvalue weighted by molar-refractivity contribution is 0.102. The molecule has 198 valence electrons. The van der Waals surface area contributed by atoms with E-state index in [1.54, 1.807) is 11.0 Å². The fourth-order valence-electron chi connectivity index (χ4n) is 4.62. The van der Waals surface area contributed by atoms with Gasteiger partial charge in [0.25, 0.3) is 11.9 Å². The third-order valence-electron chi connectivity index (χ3n) is 6.68. The molecule has 1 unspecified atom stereocenters. The molecule has 38 heavy (non-hydrogen) atoms. The van der Waals surface area contributed by atoms with E-state index in [9.17, 15) is 18.3 Å². The van der Waals surface area contributed by atoms with Crippen molar-refractivity contribution in [2.45, 2.75) is 19.4 Å². The number of β-amino-alcohol motifs (C(OH)–C–C–N with tert-alkyl or cyclic N) is 1. The van der Waals surface area contributed by atoms with E-state index >= 15 is 0 Å². The average Bonchev–Trinajstić information content (AvgIpc) is 3.63. The van der Waals surface area contributed by atoms with Gasteiger partial charge in [-0.3, -0.25) is 4.79 Å². The number of hydrogen-bond acceptors (Lipinski definition) is 11. The Labute approximate surface area is 218 Å². The van der Waals surface area contributed by atoms with E-state index in [1.165, 1.54) is 6.26 Å². The first-order valence-electron chi connectivity index (χ1n) is 12.3. The highest BCUT2D eigenvalue weighted by molar-refractivity contribution is 7.91. The van der Waals surface area contributed by atoms with Gasteiger partial charge in [0.1, 0.15) is 6.26 Å². The second kappa shape index (κ2) is 9.40. The van der Waals surface area contributed by atoms with Crippen molar-refractivity contribution in [1.82, 2.24) is 15.0 Å². The zero-order valence-electron chi connectivity index (χ0n) is 20.6. The summed E-state index contributed by atoms with van der Waals surface area (Å²) in [6.45, 7) is 3.43. The first-order chi connectivity index (χ1) is 18.2. The minimum absolute atomic E-state index is 0.0274. The zero-order valence-corrected chi connectivity index (χ0v) is 21.4. The lowest BCUT2D eigenvalue weighted by atomic mass is 10.1. The maximum Gasteiger partial charge on any atom is 0.300 e. The molecule has 1 amide bonds. The number of sulfone groups is 1. The molecule has 0 saturated carbocycles. The third-order valence-corrected chi connectivity index (χ3v) is 8.29. The highest BCUT2D eigenvalue weighted by Crippen LogP contribution is 2.33. The molecule has 12 nitrogen and oxygen atoms in total. The van der Waals surface area contributed by atoms with Crippen LogP contribution in [0, 0.1) is 6.92 Å². The minimum Gasteiger partial charge on any atom is -0.444 e. The molecule has 13 heteroatoms. The Morgan fingerprint density at radius 2 is 1.92 bits per heavy atom. The van der Waals surface area contributed by atoms with Gasteiger partial charge in [0.15, 0.2) is 26.9 Å². The summed E-state index contributed by atoms with van der Waals surface area (Å²) < 4.78 is 35.1. The Morgan fingerprint density at radius 3 is 2.66 bits per heavy atom. The van der Waals surface area contributed by atoms with E-state index in [-0.39, 0.29) is 36.3 Å². The Morgan fingerprint density at radius 1 is 1.11 bits per heavy atom. The van der Waals surface area contributed by atoms with Crippen molar-refractivity contribution < 1.29 is 27.2 Å². The van der Waals surface area contributed by atoms with Gasteiger partial charge in [-0.1, -0.05) is 17.7 Å². The maximum atomic E-state index is 13.2. The molecule has 6 rings (SSSR count). The van der Waals surface area contributed by atoms with Gasteiger partial charge >= 0.3 is 0 Å². The second-order valence-electron chi connectivity index (χ2n) is 9.57. The van der Waals surface area contributed by atoms with Crippen molar-refractivity contribution >= 4 is 44.5 Å². The number of carbonyl (C=O) groups is 1. The molecule has 3 aromatic heterocycles. The second-order valence-corrected chi connectivity index (χ2v) is 11.9. The summed E-state index contributed by atoms with van der Waals surface area (Å²) in [4.78, 5) is 30.3. The van der Waals surface area contributed by atoms with E-state index in [1.807, 2.05) is 36.1 Å². The Hall–Kier alpha value is -3.97. The molecule has 0 spiro atoms. The quantitative estimate of drug-likeness (QED) is 0.384. The van der Waals surface area contributed by atoms with Crippen LogP contribution in [0.1, 0.15) is 22.5 Å². The Kier molecular flexibility index (Phi) is 6.03. The predicted octanol–water partition coefficient (Wildman–Crippen LogP) is 2.24. The van der Waals surface area contributed by atoms with Gasteiger partial charge in [-0.2, -0.15) is 4.98 Å². The summed E-state index contributed by atoms with van der Waals surface area (Å²) in [6.07, 6.45) is 1.37. The van der Waals surface area contributed by atoms with Crippen LogP contribution in [0.3, 0.4) is 0 Å². The highest BCUT2D eigenvalue weighted by Gasteiger charge is 2.29. The number of aliphatic hydroxyl groups excluding tert-OH is 1. The molecule has 2 aliphatic heterocycles. The van der Waals surface area contributed by atoms with Gasteiger partial charge in [-0.05, 0) is 25.5 Å². The van der Waals surface area contributed by atoms with Crippen LogP contribution in [0.15, 0.2) is 45.4 Å². The number of aromatic nitrogens is 3. The number of amides is 1. The van der Waals surface area contributed by atoms with Gasteiger partial charge in [-0.15, -0.1) is 0 Å². The van der Waals surface area contributed by atoms with E-state index < -0.39 is 21.8 Å². The van der Waals surface area contributed by atoms with Gasteiger partial charge in [0.05, 0.1) is 23.3 Å². The molecule has 0 radical (unpaired) electrons. The van der Waals surface area contributed by atoms with Crippen molar-refractivity contribution in [3.8, 4) is 11.5 Å². The fourth-order valence-corrected chi connectivity index (χ4v) is 5.83. The average molecular weight is 539 g/mol. The van der Waals surface area contributed by atoms with E-state index in [4.69, 9.17) is 8.83 Å². The maximum absolute atomic E-state index is 13.2. The minimum atomic E-state index is -3.06. The predicted molar refractivity (Wildman–Crippen MR) is 140 cm³/mol. The van der Waals surface area contributed by atoms with Crippen molar-refractivity contribution in [3.63, 3.8) is 0 Å². The zero-order chi connectivity index (χ0) is 26.4. The largest absolute Gasteiger partial charge is 0.444 e. The van der Waals surface area contributed by atoms with Crippen LogP contribution in [0.25, 0.3) is 22.7 Å². The number of benzene rings is 1. The van der Waals surface area contributed by atoms with Crippen LogP contribution in [-0.4, -0.2) is 78.2 Å². The smallest absolute Gasteiger partial charge is 0.300 e. The molecule has 5 heterocycles. The lowest BCUT2D eigenvalue weighted by Crippen LogP contribution is -2.40. The highest BCUT2D eigenvalue weighted by atomic mass is 32.2.